The third kappa shape index (κ3) is 2.24. The minimum atomic E-state index is 0.747. The van der Waals surface area contributed by atoms with E-state index in [-0.39, 0.29) is 0 Å². The smallest absolute Gasteiger partial charge is 0.120 e. The molecule has 2 rings (SSSR count). The molecule has 0 amide bonds. The van der Waals surface area contributed by atoms with Gasteiger partial charge in [0.05, 0.1) is 12.2 Å². The van der Waals surface area contributed by atoms with E-state index in [0.29, 0.717) is 0 Å². The summed E-state index contributed by atoms with van der Waals surface area (Å²) in [4.78, 5) is 7.19. The predicted molar refractivity (Wildman–Crippen MR) is 57.2 cm³/mol. The number of aromatic amines is 2. The second-order valence-electron chi connectivity index (χ2n) is 3.55. The second-order valence-corrected chi connectivity index (χ2v) is 3.55. The SMILES string of the molecule is Cc1n[nH]c(C)c1CNCc1ncc[nH]1. The predicted octanol–water partition coefficient (Wildman–Crippen LogP) is 1.04. The third-order valence-corrected chi connectivity index (χ3v) is 2.43. The second kappa shape index (κ2) is 4.27. The molecule has 0 saturated carbocycles. The van der Waals surface area contributed by atoms with Crippen molar-refractivity contribution >= 4 is 0 Å². The zero-order valence-corrected chi connectivity index (χ0v) is 8.96. The third-order valence-electron chi connectivity index (χ3n) is 2.43. The molecule has 0 bridgehead atoms. The van der Waals surface area contributed by atoms with Crippen molar-refractivity contribution in [2.24, 2.45) is 0 Å². The fourth-order valence-corrected chi connectivity index (χ4v) is 1.54. The molecule has 0 fully saturated rings. The summed E-state index contributed by atoms with van der Waals surface area (Å²) >= 11 is 0. The number of imidazole rings is 1. The van der Waals surface area contributed by atoms with E-state index in [1.165, 1.54) is 5.56 Å². The minimum Gasteiger partial charge on any atom is -0.348 e. The molecule has 2 aromatic heterocycles. The molecule has 0 radical (unpaired) electrons. The van der Waals surface area contributed by atoms with Gasteiger partial charge in [0.15, 0.2) is 0 Å². The lowest BCUT2D eigenvalue weighted by atomic mass is 10.2. The number of H-pyrrole nitrogens is 2. The van der Waals surface area contributed by atoms with Gasteiger partial charge in [-0.15, -0.1) is 0 Å². The largest absolute Gasteiger partial charge is 0.348 e. The van der Waals surface area contributed by atoms with Crippen LogP contribution in [0.15, 0.2) is 12.4 Å². The van der Waals surface area contributed by atoms with E-state index in [1.54, 1.807) is 6.20 Å². The Labute approximate surface area is 88.3 Å². The molecule has 0 aromatic carbocycles. The first-order valence-corrected chi connectivity index (χ1v) is 4.97. The summed E-state index contributed by atoms with van der Waals surface area (Å²) in [6, 6.07) is 0. The Morgan fingerprint density at radius 2 is 2.20 bits per heavy atom. The molecule has 0 aliphatic heterocycles. The van der Waals surface area contributed by atoms with E-state index in [2.05, 4.69) is 25.5 Å². The maximum atomic E-state index is 4.14. The highest BCUT2D eigenvalue weighted by Crippen LogP contribution is 2.08. The zero-order valence-electron chi connectivity index (χ0n) is 8.96. The standard InChI is InChI=1S/C10H15N5/c1-7-9(8(2)15-14-7)5-11-6-10-12-3-4-13-10/h3-4,11H,5-6H2,1-2H3,(H,12,13)(H,14,15). The van der Waals surface area contributed by atoms with Crippen molar-refractivity contribution in [3.8, 4) is 0 Å². The first-order valence-electron chi connectivity index (χ1n) is 4.97. The Hall–Kier alpha value is -1.62. The molecule has 15 heavy (non-hydrogen) atoms. The summed E-state index contributed by atoms with van der Waals surface area (Å²) in [7, 11) is 0. The van der Waals surface area contributed by atoms with Crippen LogP contribution in [0.2, 0.25) is 0 Å². The fourth-order valence-electron chi connectivity index (χ4n) is 1.54. The van der Waals surface area contributed by atoms with Crippen molar-refractivity contribution in [3.05, 3.63) is 35.2 Å². The molecule has 5 heteroatoms. The maximum Gasteiger partial charge on any atom is 0.120 e. The summed E-state index contributed by atoms with van der Waals surface area (Å²) < 4.78 is 0. The van der Waals surface area contributed by atoms with Gasteiger partial charge in [0, 0.05) is 30.2 Å². The molecule has 3 N–H and O–H groups in total. The van der Waals surface area contributed by atoms with Crippen LogP contribution in [0.25, 0.3) is 0 Å². The van der Waals surface area contributed by atoms with Crippen LogP contribution in [0, 0.1) is 13.8 Å². The van der Waals surface area contributed by atoms with Gasteiger partial charge < -0.3 is 10.3 Å². The van der Waals surface area contributed by atoms with E-state index in [4.69, 9.17) is 0 Å². The lowest BCUT2D eigenvalue weighted by Crippen LogP contribution is -2.14. The van der Waals surface area contributed by atoms with E-state index >= 15 is 0 Å². The summed E-state index contributed by atoms with van der Waals surface area (Å²) in [6.07, 6.45) is 3.58. The van der Waals surface area contributed by atoms with Gasteiger partial charge in [0.1, 0.15) is 5.82 Å². The monoisotopic (exact) mass is 205 g/mol. The maximum absolute atomic E-state index is 4.14. The van der Waals surface area contributed by atoms with Crippen LogP contribution < -0.4 is 5.32 Å². The van der Waals surface area contributed by atoms with Crippen molar-refractivity contribution in [2.45, 2.75) is 26.9 Å². The first-order chi connectivity index (χ1) is 7.27. The van der Waals surface area contributed by atoms with Crippen molar-refractivity contribution in [1.29, 1.82) is 0 Å². The average Bonchev–Trinajstić information content (AvgIpc) is 2.82. The van der Waals surface area contributed by atoms with Crippen molar-refractivity contribution in [3.63, 3.8) is 0 Å². The number of rotatable bonds is 4. The van der Waals surface area contributed by atoms with Gasteiger partial charge in [-0.1, -0.05) is 0 Å². The Balaban J connectivity index is 1.89. The number of hydrogen-bond donors (Lipinski definition) is 3. The Morgan fingerprint density at radius 3 is 2.80 bits per heavy atom. The zero-order chi connectivity index (χ0) is 10.7. The molecule has 2 heterocycles. The lowest BCUT2D eigenvalue weighted by Gasteiger charge is -2.02. The number of aromatic nitrogens is 4. The van der Waals surface area contributed by atoms with Gasteiger partial charge in [-0.25, -0.2) is 4.98 Å². The summed E-state index contributed by atoms with van der Waals surface area (Å²) in [5.41, 5.74) is 3.42. The molecular weight excluding hydrogens is 190 g/mol. The van der Waals surface area contributed by atoms with E-state index in [9.17, 15) is 0 Å². The van der Waals surface area contributed by atoms with Crippen LogP contribution in [-0.4, -0.2) is 20.2 Å². The molecular formula is C10H15N5. The van der Waals surface area contributed by atoms with E-state index in [1.807, 2.05) is 20.0 Å². The van der Waals surface area contributed by atoms with Crippen molar-refractivity contribution in [2.75, 3.05) is 0 Å². The minimum absolute atomic E-state index is 0.747. The summed E-state index contributed by atoms with van der Waals surface area (Å²) in [6.45, 7) is 5.60. The van der Waals surface area contributed by atoms with Crippen LogP contribution in [0.5, 0.6) is 0 Å². The quantitative estimate of drug-likeness (QED) is 0.698. The van der Waals surface area contributed by atoms with Crippen LogP contribution >= 0.6 is 0 Å². The average molecular weight is 205 g/mol. The van der Waals surface area contributed by atoms with Crippen molar-refractivity contribution in [1.82, 2.24) is 25.5 Å². The number of hydrogen-bond acceptors (Lipinski definition) is 3. The van der Waals surface area contributed by atoms with Gasteiger partial charge in [-0.2, -0.15) is 5.10 Å². The van der Waals surface area contributed by atoms with Crippen molar-refractivity contribution < 1.29 is 0 Å². The summed E-state index contributed by atoms with van der Waals surface area (Å²) in [5, 5.41) is 10.4. The number of aryl methyl sites for hydroxylation is 2. The summed E-state index contributed by atoms with van der Waals surface area (Å²) in [5.74, 6) is 0.953. The van der Waals surface area contributed by atoms with Crippen LogP contribution in [0.1, 0.15) is 22.8 Å². The van der Waals surface area contributed by atoms with Gasteiger partial charge in [-0.05, 0) is 13.8 Å². The molecule has 0 aliphatic rings. The van der Waals surface area contributed by atoms with Gasteiger partial charge in [0.25, 0.3) is 0 Å². The molecule has 0 atom stereocenters. The van der Waals surface area contributed by atoms with Crippen LogP contribution in [-0.2, 0) is 13.1 Å². The first kappa shape index (κ1) is 9.92. The highest BCUT2D eigenvalue weighted by atomic mass is 15.1. The molecule has 0 spiro atoms. The van der Waals surface area contributed by atoms with E-state index in [0.717, 1.165) is 30.3 Å². The highest BCUT2D eigenvalue weighted by molar-refractivity contribution is 5.22. The highest BCUT2D eigenvalue weighted by Gasteiger charge is 2.05. The van der Waals surface area contributed by atoms with Crippen LogP contribution in [0.4, 0.5) is 0 Å². The molecule has 5 nitrogen and oxygen atoms in total. The number of nitrogens with one attached hydrogen (secondary N) is 3. The Kier molecular flexibility index (Phi) is 2.82. The fraction of sp³-hybridized carbons (Fsp3) is 0.400. The van der Waals surface area contributed by atoms with Gasteiger partial charge in [-0.3, -0.25) is 5.10 Å². The van der Waals surface area contributed by atoms with Gasteiger partial charge >= 0.3 is 0 Å². The molecule has 0 unspecified atom stereocenters. The lowest BCUT2D eigenvalue weighted by molar-refractivity contribution is 0.664. The molecule has 0 saturated heterocycles. The topological polar surface area (TPSA) is 69.4 Å². The number of nitrogens with zero attached hydrogens (tertiary/aromatic N) is 2. The van der Waals surface area contributed by atoms with Gasteiger partial charge in [0.2, 0.25) is 0 Å². The normalized spacial score (nSPS) is 10.8. The Bertz CT molecular complexity index is 395. The van der Waals surface area contributed by atoms with E-state index < -0.39 is 0 Å². The molecule has 0 aliphatic carbocycles. The molecule has 2 aromatic rings. The Morgan fingerprint density at radius 1 is 1.33 bits per heavy atom. The van der Waals surface area contributed by atoms with Crippen LogP contribution in [0.3, 0.4) is 0 Å². The molecule has 80 valence electrons.